The number of carbonyl (C=O) groups is 1. The van der Waals surface area contributed by atoms with Crippen molar-refractivity contribution in [1.82, 2.24) is 4.98 Å². The van der Waals surface area contributed by atoms with Crippen molar-refractivity contribution in [1.29, 1.82) is 0 Å². The van der Waals surface area contributed by atoms with Gasteiger partial charge in [-0.1, -0.05) is 54.9 Å². The standard InChI is InChI=1S/C32H40N2O3S/c1-22-18-26(16-17-29(22)36-2)24-14-12-23(13-15-24)21-34(31(35)25-8-5-4-6-9-25)28-11-7-10-27(19-28)30-20-33-32(37-3)38-30/h7,10-11,16-20,23-25H,4-6,8-9,12-15,21H2,1-3H3/t23-,24-. The molecule has 202 valence electrons. The lowest BCUT2D eigenvalue weighted by Gasteiger charge is -2.35. The maximum Gasteiger partial charge on any atom is 0.273 e. The first kappa shape index (κ1) is 26.7. The summed E-state index contributed by atoms with van der Waals surface area (Å²) >= 11 is 1.54. The SMILES string of the molecule is COc1ncc(-c2cccc(N(C[C@H]3CC[C@H](c4ccc(OC)c(C)c4)CC3)C(=O)C3CCCCC3)c2)s1. The first-order valence-electron chi connectivity index (χ1n) is 14.1. The monoisotopic (exact) mass is 532 g/mol. The van der Waals surface area contributed by atoms with Gasteiger partial charge in [0, 0.05) is 24.3 Å². The second kappa shape index (κ2) is 12.3. The van der Waals surface area contributed by atoms with E-state index in [2.05, 4.69) is 59.3 Å². The maximum atomic E-state index is 13.9. The van der Waals surface area contributed by atoms with E-state index in [1.54, 1.807) is 14.2 Å². The van der Waals surface area contributed by atoms with Gasteiger partial charge in [0.15, 0.2) is 0 Å². The van der Waals surface area contributed by atoms with E-state index in [1.165, 1.54) is 41.7 Å². The average Bonchev–Trinajstić information content (AvgIpc) is 3.46. The van der Waals surface area contributed by atoms with Crippen LogP contribution < -0.4 is 14.4 Å². The number of nitrogens with zero attached hydrogens (tertiary/aromatic N) is 2. The normalized spacial score (nSPS) is 20.2. The van der Waals surface area contributed by atoms with Gasteiger partial charge >= 0.3 is 0 Å². The largest absolute Gasteiger partial charge is 0.496 e. The maximum absolute atomic E-state index is 13.9. The molecule has 2 aliphatic rings. The van der Waals surface area contributed by atoms with Crippen molar-refractivity contribution in [2.24, 2.45) is 11.8 Å². The molecular formula is C32H40N2O3S. The van der Waals surface area contributed by atoms with Gasteiger partial charge in [0.2, 0.25) is 5.91 Å². The molecule has 0 N–H and O–H groups in total. The molecule has 0 saturated heterocycles. The Balaban J connectivity index is 1.33. The summed E-state index contributed by atoms with van der Waals surface area (Å²) in [6.45, 7) is 2.93. The third-order valence-electron chi connectivity index (χ3n) is 8.50. The van der Waals surface area contributed by atoms with E-state index >= 15 is 0 Å². The van der Waals surface area contributed by atoms with Crippen molar-refractivity contribution >= 4 is 22.9 Å². The van der Waals surface area contributed by atoms with Crippen LogP contribution in [0, 0.1) is 18.8 Å². The molecule has 3 aromatic rings. The summed E-state index contributed by atoms with van der Waals surface area (Å²) in [6.07, 6.45) is 12.1. The number of hydrogen-bond acceptors (Lipinski definition) is 5. The Bertz CT molecular complexity index is 1220. The number of thiazole rings is 1. The van der Waals surface area contributed by atoms with Crippen LogP contribution in [-0.4, -0.2) is 31.7 Å². The number of hydrogen-bond donors (Lipinski definition) is 0. The molecule has 0 spiro atoms. The quantitative estimate of drug-likeness (QED) is 0.295. The highest BCUT2D eigenvalue weighted by molar-refractivity contribution is 7.16. The molecule has 2 fully saturated rings. The molecule has 2 aliphatic carbocycles. The van der Waals surface area contributed by atoms with Crippen LogP contribution in [0.4, 0.5) is 5.69 Å². The number of carbonyl (C=O) groups excluding carboxylic acids is 1. The first-order chi connectivity index (χ1) is 18.6. The lowest BCUT2D eigenvalue weighted by Crippen LogP contribution is -2.41. The molecule has 2 aromatic carbocycles. The Kier molecular flexibility index (Phi) is 8.68. The highest BCUT2D eigenvalue weighted by atomic mass is 32.1. The highest BCUT2D eigenvalue weighted by Gasteiger charge is 2.31. The van der Waals surface area contributed by atoms with Gasteiger partial charge in [0.1, 0.15) is 5.75 Å². The minimum atomic E-state index is 0.148. The predicted octanol–water partition coefficient (Wildman–Crippen LogP) is 8.02. The van der Waals surface area contributed by atoms with Crippen LogP contribution in [0.1, 0.15) is 74.8 Å². The molecular weight excluding hydrogens is 492 g/mol. The molecule has 5 nitrogen and oxygen atoms in total. The van der Waals surface area contributed by atoms with Crippen LogP contribution >= 0.6 is 11.3 Å². The van der Waals surface area contributed by atoms with Crippen LogP contribution in [0.15, 0.2) is 48.7 Å². The fourth-order valence-electron chi connectivity index (χ4n) is 6.30. The summed E-state index contributed by atoms with van der Waals surface area (Å²) in [7, 11) is 3.38. The van der Waals surface area contributed by atoms with Gasteiger partial charge in [-0.3, -0.25) is 4.79 Å². The Labute approximate surface area is 231 Å². The zero-order valence-electron chi connectivity index (χ0n) is 22.9. The van der Waals surface area contributed by atoms with E-state index in [4.69, 9.17) is 9.47 Å². The average molecular weight is 533 g/mol. The zero-order chi connectivity index (χ0) is 26.5. The summed E-state index contributed by atoms with van der Waals surface area (Å²) in [4.78, 5) is 21.5. The minimum Gasteiger partial charge on any atom is -0.496 e. The van der Waals surface area contributed by atoms with Gasteiger partial charge in [-0.05, 0) is 92.2 Å². The number of amides is 1. The van der Waals surface area contributed by atoms with Crippen LogP contribution in [0.2, 0.25) is 0 Å². The van der Waals surface area contributed by atoms with Crippen molar-refractivity contribution in [2.75, 3.05) is 25.7 Å². The van der Waals surface area contributed by atoms with Crippen LogP contribution in [0.5, 0.6) is 10.9 Å². The number of rotatable bonds is 8. The summed E-state index contributed by atoms with van der Waals surface area (Å²) in [5.74, 6) is 2.53. The lowest BCUT2D eigenvalue weighted by molar-refractivity contribution is -0.123. The number of aromatic nitrogens is 1. The number of ether oxygens (including phenoxy) is 2. The van der Waals surface area contributed by atoms with E-state index in [0.717, 1.165) is 66.9 Å². The molecule has 1 amide bonds. The third-order valence-corrected chi connectivity index (χ3v) is 9.51. The van der Waals surface area contributed by atoms with E-state index in [-0.39, 0.29) is 5.92 Å². The second-order valence-electron chi connectivity index (χ2n) is 11.0. The summed E-state index contributed by atoms with van der Waals surface area (Å²) in [5.41, 5.74) is 4.72. The topological polar surface area (TPSA) is 51.7 Å². The van der Waals surface area contributed by atoms with Crippen LogP contribution in [0.25, 0.3) is 10.4 Å². The molecule has 6 heteroatoms. The fraction of sp³-hybridized carbons (Fsp3) is 0.500. The van der Waals surface area contributed by atoms with Crippen molar-refractivity contribution in [3.8, 4) is 21.4 Å². The summed E-state index contributed by atoms with van der Waals surface area (Å²) < 4.78 is 10.8. The van der Waals surface area contributed by atoms with Crippen molar-refractivity contribution in [3.05, 3.63) is 59.8 Å². The van der Waals surface area contributed by atoms with Crippen LogP contribution in [-0.2, 0) is 4.79 Å². The van der Waals surface area contributed by atoms with Crippen molar-refractivity contribution in [3.63, 3.8) is 0 Å². The van der Waals surface area contributed by atoms with Crippen molar-refractivity contribution in [2.45, 2.75) is 70.6 Å². The number of methoxy groups -OCH3 is 2. The van der Waals surface area contributed by atoms with Crippen LogP contribution in [0.3, 0.4) is 0 Å². The Morgan fingerprint density at radius 1 is 0.974 bits per heavy atom. The van der Waals surface area contributed by atoms with E-state index < -0.39 is 0 Å². The molecule has 2 saturated carbocycles. The van der Waals surface area contributed by atoms with Gasteiger partial charge < -0.3 is 14.4 Å². The third kappa shape index (κ3) is 6.06. The molecule has 1 aromatic heterocycles. The van der Waals surface area contributed by atoms with Gasteiger partial charge in [0.05, 0.1) is 19.1 Å². The Morgan fingerprint density at radius 2 is 1.76 bits per heavy atom. The van der Waals surface area contributed by atoms with Gasteiger partial charge in [-0.2, -0.15) is 0 Å². The lowest BCUT2D eigenvalue weighted by atomic mass is 9.78. The van der Waals surface area contributed by atoms with Gasteiger partial charge in [-0.25, -0.2) is 4.98 Å². The molecule has 0 unspecified atom stereocenters. The molecule has 0 atom stereocenters. The molecule has 0 bridgehead atoms. The highest BCUT2D eigenvalue weighted by Crippen LogP contribution is 2.39. The zero-order valence-corrected chi connectivity index (χ0v) is 23.8. The first-order valence-corrected chi connectivity index (χ1v) is 14.9. The Hall–Kier alpha value is -2.86. The number of benzene rings is 2. The molecule has 0 aliphatic heterocycles. The van der Waals surface area contributed by atoms with Gasteiger partial charge in [0.25, 0.3) is 5.19 Å². The molecule has 0 radical (unpaired) electrons. The van der Waals surface area contributed by atoms with Gasteiger partial charge in [-0.15, -0.1) is 0 Å². The smallest absolute Gasteiger partial charge is 0.273 e. The van der Waals surface area contributed by atoms with E-state index in [9.17, 15) is 4.79 Å². The Morgan fingerprint density at radius 3 is 2.45 bits per heavy atom. The summed E-state index contributed by atoms with van der Waals surface area (Å²) in [6, 6.07) is 15.1. The molecule has 5 rings (SSSR count). The molecule has 1 heterocycles. The predicted molar refractivity (Wildman–Crippen MR) is 155 cm³/mol. The number of aryl methyl sites for hydroxylation is 1. The number of anilines is 1. The van der Waals surface area contributed by atoms with E-state index in [1.807, 2.05) is 6.20 Å². The van der Waals surface area contributed by atoms with E-state index in [0.29, 0.717) is 22.9 Å². The van der Waals surface area contributed by atoms with Crippen molar-refractivity contribution < 1.29 is 14.3 Å². The fourth-order valence-corrected chi connectivity index (χ4v) is 7.02. The summed E-state index contributed by atoms with van der Waals surface area (Å²) in [5, 5.41) is 0.657. The minimum absolute atomic E-state index is 0.148. The molecule has 38 heavy (non-hydrogen) atoms. The second-order valence-corrected chi connectivity index (χ2v) is 12.0.